The molecule has 5 fully saturated rings. The molecule has 12 heteroatoms. The molecular weight excluding hydrogens is 744 g/mol. The van der Waals surface area contributed by atoms with Crippen molar-refractivity contribution in [3.63, 3.8) is 0 Å². The van der Waals surface area contributed by atoms with Crippen LogP contribution in [-0.2, 0) is 48.0 Å². The van der Waals surface area contributed by atoms with Crippen molar-refractivity contribution in [3.05, 3.63) is 12.2 Å². The van der Waals surface area contributed by atoms with Crippen molar-refractivity contribution in [2.24, 2.45) is 57.7 Å². The zero-order valence-electron chi connectivity index (χ0n) is 35.7. The Morgan fingerprint density at radius 2 is 1.55 bits per heavy atom. The molecule has 0 spiro atoms. The Morgan fingerprint density at radius 1 is 0.828 bits per heavy atom. The van der Waals surface area contributed by atoms with E-state index in [0.29, 0.717) is 51.4 Å². The second-order valence-electron chi connectivity index (χ2n) is 19.2. The highest BCUT2D eigenvalue weighted by Gasteiger charge is 2.72. The lowest BCUT2D eigenvalue weighted by molar-refractivity contribution is -0.389. The maximum absolute atomic E-state index is 13.9. The van der Waals surface area contributed by atoms with E-state index in [-0.39, 0.29) is 36.5 Å². The van der Waals surface area contributed by atoms with Crippen LogP contribution in [0.3, 0.4) is 0 Å². The molecule has 2 N–H and O–H groups in total. The average Bonchev–Trinajstić information content (AvgIpc) is 3.66. The number of hydrogen-bond acceptors (Lipinski definition) is 10. The highest BCUT2D eigenvalue weighted by molar-refractivity contribution is 5.97. The number of carbonyl (C=O) groups excluding carboxylic acids is 4. The van der Waals surface area contributed by atoms with Gasteiger partial charge < -0.3 is 19.7 Å². The van der Waals surface area contributed by atoms with Gasteiger partial charge >= 0.3 is 35.8 Å². The fourth-order valence-corrected chi connectivity index (χ4v) is 12.6. The molecule has 0 aromatic heterocycles. The predicted octanol–water partition coefficient (Wildman–Crippen LogP) is 9.17. The van der Waals surface area contributed by atoms with E-state index >= 15 is 0 Å². The van der Waals surface area contributed by atoms with E-state index in [1.54, 1.807) is 0 Å². The van der Waals surface area contributed by atoms with Crippen molar-refractivity contribution in [1.82, 2.24) is 0 Å². The first-order chi connectivity index (χ1) is 27.6. The number of carboxylic acids is 2. The van der Waals surface area contributed by atoms with Crippen LogP contribution in [0.1, 0.15) is 169 Å². The number of aliphatic carboxylic acids is 2. The third-order valence-electron chi connectivity index (χ3n) is 15.2. The van der Waals surface area contributed by atoms with Gasteiger partial charge in [0.1, 0.15) is 12.2 Å². The van der Waals surface area contributed by atoms with Gasteiger partial charge in [-0.2, -0.15) is 0 Å². The SMILES string of the molecule is CCCCCC/C=C/C(CC(CCCCCCCC(=O)O)C1CC(=O)OC1=O)OOC(C(C)C)C12CCC3C(C)(C(=O)O)CCCC3(C)C1CCC1C(=O)OC(=O)C12. The second-order valence-corrected chi connectivity index (χ2v) is 19.2. The molecule has 3 aliphatic carbocycles. The molecule has 12 nitrogen and oxygen atoms in total. The summed E-state index contributed by atoms with van der Waals surface area (Å²) in [6, 6.07) is 0. The Labute approximate surface area is 344 Å². The molecule has 326 valence electrons. The van der Waals surface area contributed by atoms with Crippen molar-refractivity contribution >= 4 is 35.8 Å². The summed E-state index contributed by atoms with van der Waals surface area (Å²) >= 11 is 0. The lowest BCUT2D eigenvalue weighted by Crippen LogP contribution is -2.66. The van der Waals surface area contributed by atoms with Crippen molar-refractivity contribution in [3.8, 4) is 0 Å². The van der Waals surface area contributed by atoms with Crippen LogP contribution in [0.15, 0.2) is 12.2 Å². The molecule has 58 heavy (non-hydrogen) atoms. The van der Waals surface area contributed by atoms with Gasteiger partial charge in [0.05, 0.1) is 29.6 Å². The number of allylic oxidation sites excluding steroid dienone is 1. The molecule has 2 saturated heterocycles. The average molecular weight is 815 g/mol. The number of rotatable bonds is 23. The van der Waals surface area contributed by atoms with Crippen molar-refractivity contribution in [1.29, 1.82) is 0 Å². The summed E-state index contributed by atoms with van der Waals surface area (Å²) in [6.07, 6.45) is 17.6. The van der Waals surface area contributed by atoms with Crippen LogP contribution in [0, 0.1) is 57.7 Å². The minimum Gasteiger partial charge on any atom is -0.481 e. The van der Waals surface area contributed by atoms with Crippen LogP contribution in [0.25, 0.3) is 0 Å². The number of unbranched alkanes of at least 4 members (excludes halogenated alkanes) is 8. The van der Waals surface area contributed by atoms with E-state index in [0.717, 1.165) is 70.6 Å². The second kappa shape index (κ2) is 20.0. The summed E-state index contributed by atoms with van der Waals surface area (Å²) in [6.45, 7) is 10.3. The van der Waals surface area contributed by atoms with Crippen LogP contribution >= 0.6 is 0 Å². The van der Waals surface area contributed by atoms with Crippen molar-refractivity contribution in [2.45, 2.75) is 182 Å². The number of hydrogen-bond donors (Lipinski definition) is 2. The summed E-state index contributed by atoms with van der Waals surface area (Å²) in [5.41, 5.74) is -2.18. The number of cyclic esters (lactones) is 4. The first-order valence-corrected chi connectivity index (χ1v) is 22.5. The monoisotopic (exact) mass is 814 g/mol. The van der Waals surface area contributed by atoms with E-state index in [9.17, 15) is 33.9 Å². The van der Waals surface area contributed by atoms with Gasteiger partial charge in [-0.3, -0.25) is 28.8 Å². The molecule has 11 atom stereocenters. The number of fused-ring (bicyclic) bond motifs is 5. The highest BCUT2D eigenvalue weighted by Crippen LogP contribution is 2.72. The molecule has 2 heterocycles. The predicted molar refractivity (Wildman–Crippen MR) is 213 cm³/mol. The third kappa shape index (κ3) is 9.74. The molecule has 0 radical (unpaired) electrons. The molecule has 5 rings (SSSR count). The first kappa shape index (κ1) is 46.0. The van der Waals surface area contributed by atoms with Gasteiger partial charge in [-0.05, 0) is 107 Å². The minimum absolute atomic E-state index is 0.00402. The standard InChI is InChI=1S/C46H70O12/c1-6-7-8-9-12-15-19-31(27-30(33-28-37(49)55-41(33)51)18-14-11-10-13-16-20-36(47)48)57-58-39(29(2)3)46-26-23-34-44(4,24-17-25-45(34,5)43(53)54)35(46)22-21-32-38(46)42(52)56-40(32)50/h15,19,29-35,38-39H,6-14,16-18,20-28H2,1-5H3,(H,47,48)(H,53,54)/b19-15+. The van der Waals surface area contributed by atoms with Crippen LogP contribution in [0.2, 0.25) is 0 Å². The maximum atomic E-state index is 13.9. The fourth-order valence-electron chi connectivity index (χ4n) is 12.6. The number of carboxylic acid groups (broad SMARTS) is 2. The molecule has 11 unspecified atom stereocenters. The molecule has 0 amide bonds. The van der Waals surface area contributed by atoms with Gasteiger partial charge in [0.25, 0.3) is 0 Å². The Bertz CT molecular complexity index is 1520. The third-order valence-corrected chi connectivity index (χ3v) is 15.2. The zero-order valence-corrected chi connectivity index (χ0v) is 35.7. The smallest absolute Gasteiger partial charge is 0.318 e. The van der Waals surface area contributed by atoms with E-state index in [1.807, 2.05) is 26.8 Å². The molecular formula is C46H70O12. The molecule has 0 aromatic carbocycles. The largest absolute Gasteiger partial charge is 0.481 e. The summed E-state index contributed by atoms with van der Waals surface area (Å²) in [7, 11) is 0. The first-order valence-electron chi connectivity index (χ1n) is 22.5. The van der Waals surface area contributed by atoms with Crippen molar-refractivity contribution < 1.29 is 58.2 Å². The molecule has 0 bridgehead atoms. The molecule has 2 aliphatic heterocycles. The van der Waals surface area contributed by atoms with Crippen molar-refractivity contribution in [2.75, 3.05) is 0 Å². The fraction of sp³-hybridized carbons (Fsp3) is 0.826. The Morgan fingerprint density at radius 3 is 2.22 bits per heavy atom. The minimum atomic E-state index is -0.907. The molecule has 5 aliphatic rings. The maximum Gasteiger partial charge on any atom is 0.318 e. The van der Waals surface area contributed by atoms with Crippen LogP contribution in [0.5, 0.6) is 0 Å². The van der Waals surface area contributed by atoms with E-state index in [1.165, 1.54) is 0 Å². The van der Waals surface area contributed by atoms with Crippen LogP contribution in [0.4, 0.5) is 0 Å². The molecule has 0 aromatic rings. The van der Waals surface area contributed by atoms with Gasteiger partial charge in [-0.25, -0.2) is 9.78 Å². The normalized spacial score (nSPS) is 33.7. The van der Waals surface area contributed by atoms with Gasteiger partial charge in [0, 0.05) is 11.8 Å². The number of esters is 4. The van der Waals surface area contributed by atoms with Gasteiger partial charge in [0.15, 0.2) is 0 Å². The zero-order chi connectivity index (χ0) is 42.3. The lowest BCUT2D eigenvalue weighted by Gasteiger charge is -2.67. The van der Waals surface area contributed by atoms with E-state index in [4.69, 9.17) is 24.4 Å². The van der Waals surface area contributed by atoms with Crippen LogP contribution < -0.4 is 0 Å². The summed E-state index contributed by atoms with van der Waals surface area (Å²) in [5.74, 6) is -6.24. The van der Waals surface area contributed by atoms with Gasteiger partial charge in [-0.1, -0.05) is 91.2 Å². The highest BCUT2D eigenvalue weighted by atomic mass is 17.2. The number of ether oxygens (including phenoxy) is 2. The molecule has 3 saturated carbocycles. The van der Waals surface area contributed by atoms with E-state index < -0.39 is 82.0 Å². The Hall–Kier alpha value is -3.12. The number of carbonyl (C=O) groups is 6. The summed E-state index contributed by atoms with van der Waals surface area (Å²) in [4.78, 5) is 89.7. The van der Waals surface area contributed by atoms with Gasteiger partial charge in [-0.15, -0.1) is 0 Å². The van der Waals surface area contributed by atoms with Crippen LogP contribution in [-0.4, -0.2) is 58.2 Å². The summed E-state index contributed by atoms with van der Waals surface area (Å²) in [5, 5.41) is 19.6. The van der Waals surface area contributed by atoms with E-state index in [2.05, 4.69) is 19.9 Å². The lowest BCUT2D eigenvalue weighted by atomic mass is 9.37. The summed E-state index contributed by atoms with van der Waals surface area (Å²) < 4.78 is 10.4. The van der Waals surface area contributed by atoms with Gasteiger partial charge in [0.2, 0.25) is 0 Å². The Balaban J connectivity index is 1.44. The topological polar surface area (TPSA) is 180 Å². The quantitative estimate of drug-likeness (QED) is 0.0250. The Kier molecular flexibility index (Phi) is 15.8.